The third-order valence-electron chi connectivity index (χ3n) is 4.43. The highest BCUT2D eigenvalue weighted by Gasteiger charge is 2.26. The summed E-state index contributed by atoms with van der Waals surface area (Å²) in [5, 5.41) is 3.79. The summed E-state index contributed by atoms with van der Waals surface area (Å²) in [5.74, 6) is -0.128. The van der Waals surface area contributed by atoms with E-state index in [1.807, 2.05) is 55.5 Å². The zero-order valence-corrected chi connectivity index (χ0v) is 14.5. The molecule has 3 N–H and O–H groups in total. The van der Waals surface area contributed by atoms with Crippen LogP contribution in [0.3, 0.4) is 0 Å². The van der Waals surface area contributed by atoms with Crippen LogP contribution in [0.15, 0.2) is 48.5 Å². The van der Waals surface area contributed by atoms with Gasteiger partial charge in [0, 0.05) is 29.8 Å². The minimum Gasteiger partial charge on any atom is -0.369 e. The lowest BCUT2D eigenvalue weighted by atomic mass is 10.0. The number of carbonyl (C=O) groups is 1. The van der Waals surface area contributed by atoms with Crippen LogP contribution in [0, 0.1) is 6.92 Å². The summed E-state index contributed by atoms with van der Waals surface area (Å²) in [4.78, 5) is 14.6. The van der Waals surface area contributed by atoms with Crippen molar-refractivity contribution in [3.8, 4) is 0 Å². The molecular weight excluding hydrogens is 322 g/mol. The summed E-state index contributed by atoms with van der Waals surface area (Å²) >= 11 is 6.05. The van der Waals surface area contributed by atoms with Gasteiger partial charge in [-0.05, 0) is 37.1 Å². The van der Waals surface area contributed by atoms with Crippen molar-refractivity contribution in [3.05, 3.63) is 64.7 Å². The van der Waals surface area contributed by atoms with Crippen LogP contribution in [0.5, 0.6) is 0 Å². The van der Waals surface area contributed by atoms with E-state index in [0.717, 1.165) is 41.3 Å². The van der Waals surface area contributed by atoms with Crippen molar-refractivity contribution >= 4 is 23.2 Å². The van der Waals surface area contributed by atoms with Crippen molar-refractivity contribution in [1.29, 1.82) is 0 Å². The van der Waals surface area contributed by atoms with Crippen molar-refractivity contribution in [2.75, 3.05) is 18.0 Å². The molecule has 24 heavy (non-hydrogen) atoms. The van der Waals surface area contributed by atoms with Crippen LogP contribution in [0.2, 0.25) is 5.02 Å². The Balaban J connectivity index is 1.58. The highest BCUT2D eigenvalue weighted by Crippen LogP contribution is 2.23. The average Bonchev–Trinajstić information content (AvgIpc) is 3.03. The Morgan fingerprint density at radius 1 is 1.29 bits per heavy atom. The Morgan fingerprint density at radius 3 is 2.75 bits per heavy atom. The molecule has 1 heterocycles. The Hall–Kier alpha value is -2.04. The second-order valence-electron chi connectivity index (χ2n) is 6.31. The molecule has 1 saturated heterocycles. The van der Waals surface area contributed by atoms with Crippen LogP contribution in [0.25, 0.3) is 0 Å². The number of nitrogens with zero attached hydrogens (tertiary/aromatic N) is 1. The molecule has 1 aliphatic rings. The van der Waals surface area contributed by atoms with Gasteiger partial charge in [-0.2, -0.15) is 0 Å². The predicted molar refractivity (Wildman–Crippen MR) is 98.3 cm³/mol. The van der Waals surface area contributed by atoms with Gasteiger partial charge in [-0.1, -0.05) is 47.5 Å². The van der Waals surface area contributed by atoms with E-state index in [4.69, 9.17) is 17.3 Å². The molecule has 1 fully saturated rings. The van der Waals surface area contributed by atoms with E-state index in [2.05, 4.69) is 10.2 Å². The highest BCUT2D eigenvalue weighted by atomic mass is 35.5. The molecule has 0 aromatic heterocycles. The number of nitrogens with two attached hydrogens (primary N) is 1. The zero-order valence-electron chi connectivity index (χ0n) is 13.7. The van der Waals surface area contributed by atoms with Gasteiger partial charge < -0.3 is 16.0 Å². The van der Waals surface area contributed by atoms with E-state index in [0.29, 0.717) is 0 Å². The first kappa shape index (κ1) is 16.8. The third-order valence-corrected chi connectivity index (χ3v) is 4.66. The molecular formula is C19H22ClN3O. The van der Waals surface area contributed by atoms with Crippen LogP contribution in [-0.2, 0) is 4.79 Å². The number of anilines is 1. The van der Waals surface area contributed by atoms with Crippen LogP contribution in [0.1, 0.15) is 23.6 Å². The summed E-state index contributed by atoms with van der Waals surface area (Å²) in [6.45, 7) is 3.68. The van der Waals surface area contributed by atoms with Crippen LogP contribution in [0.4, 0.5) is 5.69 Å². The van der Waals surface area contributed by atoms with Crippen molar-refractivity contribution in [2.45, 2.75) is 25.4 Å². The summed E-state index contributed by atoms with van der Waals surface area (Å²) in [6, 6.07) is 15.0. The van der Waals surface area contributed by atoms with Crippen LogP contribution >= 0.6 is 11.6 Å². The summed E-state index contributed by atoms with van der Waals surface area (Å²) in [5.41, 5.74) is 9.16. The van der Waals surface area contributed by atoms with Gasteiger partial charge in [0.2, 0.25) is 5.91 Å². The smallest absolute Gasteiger partial charge is 0.241 e. The van der Waals surface area contributed by atoms with Crippen molar-refractivity contribution in [1.82, 2.24) is 5.32 Å². The first-order valence-corrected chi connectivity index (χ1v) is 8.54. The Morgan fingerprint density at radius 2 is 2.04 bits per heavy atom. The number of carbonyl (C=O) groups excluding carboxylic acids is 1. The van der Waals surface area contributed by atoms with Crippen LogP contribution in [-0.4, -0.2) is 25.0 Å². The summed E-state index contributed by atoms with van der Waals surface area (Å²) in [6.07, 6.45) is 0.902. The van der Waals surface area contributed by atoms with Gasteiger partial charge in [0.05, 0.1) is 0 Å². The zero-order chi connectivity index (χ0) is 17.1. The molecule has 0 radical (unpaired) electrons. The molecule has 2 aromatic carbocycles. The van der Waals surface area contributed by atoms with E-state index in [1.165, 1.54) is 0 Å². The second kappa shape index (κ2) is 7.24. The number of amides is 1. The van der Waals surface area contributed by atoms with Crippen molar-refractivity contribution in [2.24, 2.45) is 5.73 Å². The Labute approximate surface area is 147 Å². The molecule has 1 amide bonds. The molecule has 2 aromatic rings. The van der Waals surface area contributed by atoms with Crippen molar-refractivity contribution in [3.63, 3.8) is 0 Å². The highest BCUT2D eigenvalue weighted by molar-refractivity contribution is 6.30. The predicted octanol–water partition coefficient (Wildman–Crippen LogP) is 3.04. The molecule has 2 atom stereocenters. The molecule has 3 rings (SSSR count). The maximum Gasteiger partial charge on any atom is 0.241 e. The lowest BCUT2D eigenvalue weighted by molar-refractivity contribution is -0.123. The molecule has 2 unspecified atom stereocenters. The fourth-order valence-electron chi connectivity index (χ4n) is 3.00. The molecule has 5 heteroatoms. The normalized spacial score (nSPS) is 18.5. The van der Waals surface area contributed by atoms with Gasteiger partial charge in [0.15, 0.2) is 0 Å². The lowest BCUT2D eigenvalue weighted by Gasteiger charge is -2.20. The van der Waals surface area contributed by atoms with E-state index >= 15 is 0 Å². The number of halogens is 1. The number of nitrogens with one attached hydrogen (secondary N) is 1. The molecule has 0 bridgehead atoms. The second-order valence-corrected chi connectivity index (χ2v) is 6.74. The molecule has 0 spiro atoms. The van der Waals surface area contributed by atoms with Gasteiger partial charge >= 0.3 is 0 Å². The largest absolute Gasteiger partial charge is 0.369 e. The topological polar surface area (TPSA) is 58.4 Å². The van der Waals surface area contributed by atoms with Gasteiger partial charge in [-0.3, -0.25) is 4.79 Å². The molecule has 0 aliphatic carbocycles. The monoisotopic (exact) mass is 343 g/mol. The van der Waals surface area contributed by atoms with Crippen molar-refractivity contribution < 1.29 is 4.79 Å². The molecule has 1 aliphatic heterocycles. The Kier molecular flexibility index (Phi) is 5.07. The first-order valence-electron chi connectivity index (χ1n) is 8.16. The van der Waals surface area contributed by atoms with Crippen LogP contribution < -0.4 is 16.0 Å². The molecule has 126 valence electrons. The maximum atomic E-state index is 12.4. The number of hydrogen-bond donors (Lipinski definition) is 2. The third kappa shape index (κ3) is 3.89. The maximum absolute atomic E-state index is 12.4. The average molecular weight is 344 g/mol. The summed E-state index contributed by atoms with van der Waals surface area (Å²) in [7, 11) is 0. The van der Waals surface area contributed by atoms with E-state index < -0.39 is 6.04 Å². The van der Waals surface area contributed by atoms with E-state index in [1.54, 1.807) is 0 Å². The van der Waals surface area contributed by atoms with Gasteiger partial charge in [0.1, 0.15) is 6.04 Å². The minimum atomic E-state index is -0.634. The number of aryl methyl sites for hydroxylation is 1. The molecule has 4 nitrogen and oxygen atoms in total. The standard InChI is InChI=1S/C19H22ClN3O/c1-13-5-7-14(8-6-13)18(21)19(24)22-16-9-10-23(12-16)17-4-2-3-15(20)11-17/h2-8,11,16,18H,9-10,12,21H2,1H3,(H,22,24). The molecule has 0 saturated carbocycles. The number of rotatable bonds is 4. The minimum absolute atomic E-state index is 0.105. The van der Waals surface area contributed by atoms with Gasteiger partial charge in [-0.25, -0.2) is 0 Å². The first-order chi connectivity index (χ1) is 11.5. The van der Waals surface area contributed by atoms with Gasteiger partial charge in [0.25, 0.3) is 0 Å². The fraction of sp³-hybridized carbons (Fsp3) is 0.316. The number of benzene rings is 2. The van der Waals surface area contributed by atoms with E-state index in [-0.39, 0.29) is 11.9 Å². The number of hydrogen-bond acceptors (Lipinski definition) is 3. The Bertz CT molecular complexity index is 717. The fourth-order valence-corrected chi connectivity index (χ4v) is 3.19. The summed E-state index contributed by atoms with van der Waals surface area (Å²) < 4.78 is 0. The SMILES string of the molecule is Cc1ccc(C(N)C(=O)NC2CCN(c3cccc(Cl)c3)C2)cc1. The van der Waals surface area contributed by atoms with E-state index in [9.17, 15) is 4.79 Å². The quantitative estimate of drug-likeness (QED) is 0.897. The lowest BCUT2D eigenvalue weighted by Crippen LogP contribution is -2.42. The van der Waals surface area contributed by atoms with Gasteiger partial charge in [-0.15, -0.1) is 0 Å².